The second kappa shape index (κ2) is 5.97. The van der Waals surface area contributed by atoms with Gasteiger partial charge in [-0.15, -0.1) is 16.9 Å². The van der Waals surface area contributed by atoms with E-state index >= 15 is 0 Å². The number of nitrogen functional groups attached to an aromatic ring is 1. The number of hydrogen-bond donors (Lipinski definition) is 1. The molecule has 0 radical (unpaired) electrons. The minimum atomic E-state index is 0.662. The number of anilines is 1. The van der Waals surface area contributed by atoms with E-state index in [1.165, 1.54) is 5.56 Å². The van der Waals surface area contributed by atoms with E-state index in [0.29, 0.717) is 5.75 Å². The molecule has 0 saturated heterocycles. The Bertz CT molecular complexity index is 739. The zero-order valence-electron chi connectivity index (χ0n) is 11.6. The summed E-state index contributed by atoms with van der Waals surface area (Å²) >= 11 is 1.64. The third-order valence-corrected chi connectivity index (χ3v) is 4.13. The van der Waals surface area contributed by atoms with Gasteiger partial charge in [-0.1, -0.05) is 24.3 Å². The fourth-order valence-corrected chi connectivity index (χ4v) is 2.94. The third-order valence-electron chi connectivity index (χ3n) is 3.06. The molecule has 0 aliphatic carbocycles. The fraction of sp³-hybridized carbons (Fsp3) is 0.133. The van der Waals surface area contributed by atoms with Crippen LogP contribution < -0.4 is 5.73 Å². The number of hydrogen-bond acceptors (Lipinski definition) is 5. The van der Waals surface area contributed by atoms with Gasteiger partial charge in [-0.05, 0) is 47.2 Å². The van der Waals surface area contributed by atoms with E-state index in [-0.39, 0.29) is 0 Å². The molecular weight excluding hydrogens is 282 g/mol. The summed E-state index contributed by atoms with van der Waals surface area (Å²) in [5.74, 6) is 1.46. The van der Waals surface area contributed by atoms with Gasteiger partial charge in [0.15, 0.2) is 5.82 Å². The number of tetrazole rings is 1. The lowest BCUT2D eigenvalue weighted by molar-refractivity contribution is 0.777. The first kappa shape index (κ1) is 13.6. The second-order valence-corrected chi connectivity index (χ2v) is 5.69. The highest BCUT2D eigenvalue weighted by Crippen LogP contribution is 2.28. The largest absolute Gasteiger partial charge is 0.398 e. The van der Waals surface area contributed by atoms with Gasteiger partial charge in [0.1, 0.15) is 0 Å². The quantitative estimate of drug-likeness (QED) is 0.592. The Hall–Kier alpha value is -2.34. The lowest BCUT2D eigenvalue weighted by Gasteiger charge is -2.07. The summed E-state index contributed by atoms with van der Waals surface area (Å²) in [7, 11) is 0. The molecule has 106 valence electrons. The fourth-order valence-electron chi connectivity index (χ4n) is 1.97. The number of benzene rings is 2. The molecule has 0 aliphatic heterocycles. The SMILES string of the molecule is Cc1ccc(N)c(SCc2nnnn2-c2ccccc2)c1. The van der Waals surface area contributed by atoms with Crippen LogP contribution in [0.2, 0.25) is 0 Å². The number of aryl methyl sites for hydroxylation is 1. The average Bonchev–Trinajstić information content (AvgIpc) is 2.97. The maximum atomic E-state index is 6.00. The topological polar surface area (TPSA) is 69.6 Å². The lowest BCUT2D eigenvalue weighted by Crippen LogP contribution is -2.02. The Morgan fingerprint density at radius 1 is 1.14 bits per heavy atom. The van der Waals surface area contributed by atoms with E-state index in [1.807, 2.05) is 42.5 Å². The summed E-state index contributed by atoms with van der Waals surface area (Å²) in [4.78, 5) is 1.05. The molecule has 1 aromatic heterocycles. The highest BCUT2D eigenvalue weighted by Gasteiger charge is 2.09. The molecule has 0 atom stereocenters. The van der Waals surface area contributed by atoms with E-state index in [9.17, 15) is 0 Å². The van der Waals surface area contributed by atoms with Gasteiger partial charge in [0.05, 0.1) is 11.4 Å². The van der Waals surface area contributed by atoms with Gasteiger partial charge in [-0.25, -0.2) is 0 Å². The van der Waals surface area contributed by atoms with Crippen LogP contribution in [0.25, 0.3) is 5.69 Å². The minimum Gasteiger partial charge on any atom is -0.398 e. The molecule has 0 aliphatic rings. The predicted molar refractivity (Wildman–Crippen MR) is 84.3 cm³/mol. The van der Waals surface area contributed by atoms with Crippen LogP contribution in [0.5, 0.6) is 0 Å². The van der Waals surface area contributed by atoms with Crippen molar-refractivity contribution in [3.8, 4) is 5.69 Å². The number of nitrogens with zero attached hydrogens (tertiary/aromatic N) is 4. The number of para-hydroxylation sites is 1. The summed E-state index contributed by atoms with van der Waals surface area (Å²) in [5.41, 5.74) is 8.92. The van der Waals surface area contributed by atoms with Crippen LogP contribution in [0.3, 0.4) is 0 Å². The highest BCUT2D eigenvalue weighted by molar-refractivity contribution is 7.98. The smallest absolute Gasteiger partial charge is 0.166 e. The molecule has 1 heterocycles. The second-order valence-electron chi connectivity index (χ2n) is 4.67. The standard InChI is InChI=1S/C15H15N5S/c1-11-7-8-13(16)14(9-11)21-10-15-17-18-19-20(15)12-5-3-2-4-6-12/h2-9H,10,16H2,1H3. The molecule has 3 aromatic rings. The van der Waals surface area contributed by atoms with E-state index < -0.39 is 0 Å². The highest BCUT2D eigenvalue weighted by atomic mass is 32.2. The molecular formula is C15H15N5S. The van der Waals surface area contributed by atoms with Crippen molar-refractivity contribution in [3.63, 3.8) is 0 Å². The van der Waals surface area contributed by atoms with Crippen molar-refractivity contribution < 1.29 is 0 Å². The van der Waals surface area contributed by atoms with E-state index in [1.54, 1.807) is 16.4 Å². The molecule has 0 unspecified atom stereocenters. The summed E-state index contributed by atoms with van der Waals surface area (Å²) in [6.45, 7) is 2.05. The van der Waals surface area contributed by atoms with Crippen molar-refractivity contribution in [2.45, 2.75) is 17.6 Å². The third kappa shape index (κ3) is 3.05. The Morgan fingerprint density at radius 2 is 1.95 bits per heavy atom. The maximum absolute atomic E-state index is 6.00. The average molecular weight is 297 g/mol. The van der Waals surface area contributed by atoms with Gasteiger partial charge in [0, 0.05) is 10.6 Å². The summed E-state index contributed by atoms with van der Waals surface area (Å²) < 4.78 is 1.75. The van der Waals surface area contributed by atoms with Gasteiger partial charge in [0.2, 0.25) is 0 Å². The summed E-state index contributed by atoms with van der Waals surface area (Å²) in [5, 5.41) is 11.9. The Balaban J connectivity index is 1.81. The molecule has 2 aromatic carbocycles. The van der Waals surface area contributed by atoms with Gasteiger partial charge < -0.3 is 5.73 Å². The first-order valence-electron chi connectivity index (χ1n) is 6.55. The lowest BCUT2D eigenvalue weighted by atomic mass is 10.2. The van der Waals surface area contributed by atoms with Crippen LogP contribution in [-0.4, -0.2) is 20.2 Å². The molecule has 0 amide bonds. The van der Waals surface area contributed by atoms with E-state index in [4.69, 9.17) is 5.73 Å². The first-order valence-corrected chi connectivity index (χ1v) is 7.54. The van der Waals surface area contributed by atoms with Crippen molar-refractivity contribution in [1.29, 1.82) is 0 Å². The van der Waals surface area contributed by atoms with Gasteiger partial charge in [-0.2, -0.15) is 4.68 Å². The Labute approximate surface area is 127 Å². The molecule has 0 fully saturated rings. The normalized spacial score (nSPS) is 10.7. The summed E-state index contributed by atoms with van der Waals surface area (Å²) in [6.07, 6.45) is 0. The predicted octanol–water partition coefficient (Wildman–Crippen LogP) is 2.85. The molecule has 21 heavy (non-hydrogen) atoms. The van der Waals surface area contributed by atoms with Crippen LogP contribution in [0.4, 0.5) is 5.69 Å². The van der Waals surface area contributed by atoms with Crippen LogP contribution in [-0.2, 0) is 5.75 Å². The molecule has 2 N–H and O–H groups in total. The number of rotatable bonds is 4. The number of nitrogens with two attached hydrogens (primary N) is 1. The van der Waals surface area contributed by atoms with Crippen LogP contribution in [0, 0.1) is 6.92 Å². The summed E-state index contributed by atoms with van der Waals surface area (Å²) in [6, 6.07) is 15.9. The van der Waals surface area contributed by atoms with E-state index in [0.717, 1.165) is 22.1 Å². The van der Waals surface area contributed by atoms with Crippen LogP contribution in [0.1, 0.15) is 11.4 Å². The van der Waals surface area contributed by atoms with Gasteiger partial charge in [-0.3, -0.25) is 0 Å². The first-order chi connectivity index (χ1) is 10.2. The minimum absolute atomic E-state index is 0.662. The number of aromatic nitrogens is 4. The van der Waals surface area contributed by atoms with Crippen LogP contribution in [0.15, 0.2) is 53.4 Å². The molecule has 6 heteroatoms. The maximum Gasteiger partial charge on any atom is 0.166 e. The Kier molecular flexibility index (Phi) is 3.87. The molecule has 3 rings (SSSR count). The van der Waals surface area contributed by atoms with Gasteiger partial charge >= 0.3 is 0 Å². The van der Waals surface area contributed by atoms with E-state index in [2.05, 4.69) is 28.5 Å². The van der Waals surface area contributed by atoms with Crippen molar-refractivity contribution in [1.82, 2.24) is 20.2 Å². The zero-order chi connectivity index (χ0) is 14.7. The monoisotopic (exact) mass is 297 g/mol. The van der Waals surface area contributed by atoms with Crippen LogP contribution >= 0.6 is 11.8 Å². The zero-order valence-corrected chi connectivity index (χ0v) is 12.4. The molecule has 0 spiro atoms. The van der Waals surface area contributed by atoms with Gasteiger partial charge in [0.25, 0.3) is 0 Å². The van der Waals surface area contributed by atoms with Crippen molar-refractivity contribution >= 4 is 17.4 Å². The molecule has 5 nitrogen and oxygen atoms in total. The Morgan fingerprint density at radius 3 is 2.76 bits per heavy atom. The molecule has 0 saturated carbocycles. The van der Waals surface area contributed by atoms with Crippen molar-refractivity contribution in [3.05, 3.63) is 59.9 Å². The van der Waals surface area contributed by atoms with Crippen molar-refractivity contribution in [2.75, 3.05) is 5.73 Å². The number of thioether (sulfide) groups is 1. The van der Waals surface area contributed by atoms with Crippen molar-refractivity contribution in [2.24, 2.45) is 0 Å². The molecule has 0 bridgehead atoms.